The summed E-state index contributed by atoms with van der Waals surface area (Å²) in [4.78, 5) is -0.484. The number of benzene rings is 1. The second kappa shape index (κ2) is 3.51. The molecule has 0 fully saturated rings. The maximum Gasteiger partial charge on any atom is 0.310 e. The Kier molecular flexibility index (Phi) is 2.81. The lowest BCUT2D eigenvalue weighted by Gasteiger charge is -1.99. The Balaban J connectivity index is 3.30. The Labute approximate surface area is 77.7 Å². The van der Waals surface area contributed by atoms with E-state index in [4.69, 9.17) is 0 Å². The first-order valence-corrected chi connectivity index (χ1v) is 4.93. The van der Waals surface area contributed by atoms with E-state index in [1.54, 1.807) is 0 Å². The zero-order valence-corrected chi connectivity index (χ0v) is 8.10. The van der Waals surface area contributed by atoms with Gasteiger partial charge >= 0.3 is 10.1 Å². The molecule has 0 aliphatic rings. The molecule has 0 N–H and O–H groups in total. The molecule has 0 atom stereocenters. The second-order valence-corrected chi connectivity index (χ2v) is 4.21. The van der Waals surface area contributed by atoms with Crippen molar-refractivity contribution < 1.29 is 16.1 Å². The normalized spacial score (nSPS) is 11.5. The molecule has 0 bridgehead atoms. The van der Waals surface area contributed by atoms with Gasteiger partial charge in [-0.05, 0) is 12.1 Å². The zero-order chi connectivity index (χ0) is 9.19. The van der Waals surface area contributed by atoms with Gasteiger partial charge in [-0.2, -0.15) is 11.7 Å². The van der Waals surface area contributed by atoms with Crippen LogP contribution in [0.15, 0.2) is 29.2 Å². The highest BCUT2D eigenvalue weighted by molar-refractivity contribution is 9.06. The van der Waals surface area contributed by atoms with Crippen molar-refractivity contribution in [3.8, 4) is 0 Å². The van der Waals surface area contributed by atoms with Crippen LogP contribution >= 0.6 is 16.3 Å². The summed E-state index contributed by atoms with van der Waals surface area (Å²) in [6.07, 6.45) is 0. The lowest BCUT2D eigenvalue weighted by atomic mass is 10.4. The van der Waals surface area contributed by atoms with E-state index in [2.05, 4.69) is 19.5 Å². The molecule has 1 aromatic rings. The summed E-state index contributed by atoms with van der Waals surface area (Å²) in [6.45, 7) is 0. The van der Waals surface area contributed by atoms with E-state index in [-0.39, 0.29) is 0 Å². The SMILES string of the molecule is O=S(=O)(OBr)c1ccccc1F. The average Bonchev–Trinajstić information content (AvgIpc) is 2.05. The molecule has 0 aliphatic carbocycles. The second-order valence-electron chi connectivity index (χ2n) is 1.95. The van der Waals surface area contributed by atoms with Crippen LogP contribution in [0.25, 0.3) is 0 Å². The smallest absolute Gasteiger partial charge is 0.205 e. The molecular weight excluding hydrogens is 251 g/mol. The quantitative estimate of drug-likeness (QED) is 0.809. The first-order valence-electron chi connectivity index (χ1n) is 2.87. The van der Waals surface area contributed by atoms with Crippen LogP contribution in [0.3, 0.4) is 0 Å². The minimum Gasteiger partial charge on any atom is -0.205 e. The van der Waals surface area contributed by atoms with Crippen LogP contribution in [-0.2, 0) is 13.4 Å². The van der Waals surface area contributed by atoms with Gasteiger partial charge in [-0.1, -0.05) is 12.1 Å². The molecule has 0 unspecified atom stereocenters. The van der Waals surface area contributed by atoms with Gasteiger partial charge in [-0.15, -0.1) is 0 Å². The predicted octanol–water partition coefficient (Wildman–Crippen LogP) is 1.84. The van der Waals surface area contributed by atoms with Crippen molar-refractivity contribution in [1.29, 1.82) is 0 Å². The van der Waals surface area contributed by atoms with E-state index in [0.717, 1.165) is 12.1 Å². The van der Waals surface area contributed by atoms with Gasteiger partial charge in [-0.25, -0.2) is 4.39 Å². The van der Waals surface area contributed by atoms with E-state index in [1.807, 2.05) is 0 Å². The first kappa shape index (κ1) is 9.63. The van der Waals surface area contributed by atoms with E-state index in [0.29, 0.717) is 0 Å². The van der Waals surface area contributed by atoms with Gasteiger partial charge < -0.3 is 0 Å². The standard InChI is InChI=1S/C6H4BrFO3S/c7-11-12(9,10)6-4-2-1-3-5(6)8/h1-4H. The van der Waals surface area contributed by atoms with Crippen LogP contribution in [0.2, 0.25) is 0 Å². The molecule has 66 valence electrons. The third-order valence-corrected chi connectivity index (χ3v) is 3.27. The number of rotatable bonds is 2. The van der Waals surface area contributed by atoms with Crippen LogP contribution in [-0.4, -0.2) is 8.42 Å². The Morgan fingerprint density at radius 3 is 2.42 bits per heavy atom. The van der Waals surface area contributed by atoms with Crippen LogP contribution in [0.4, 0.5) is 4.39 Å². The molecule has 0 aromatic heterocycles. The summed E-state index contributed by atoms with van der Waals surface area (Å²) >= 11 is 2.29. The lowest BCUT2D eigenvalue weighted by Crippen LogP contribution is -2.01. The van der Waals surface area contributed by atoms with Crippen molar-refractivity contribution in [3.05, 3.63) is 30.1 Å². The minimum absolute atomic E-state index is 0.484. The molecule has 1 rings (SSSR count). The van der Waals surface area contributed by atoms with Crippen molar-refractivity contribution >= 4 is 26.4 Å². The van der Waals surface area contributed by atoms with Gasteiger partial charge in [-0.3, -0.25) is 0 Å². The molecule has 6 heteroatoms. The number of hydrogen-bond donors (Lipinski definition) is 0. The molecule has 0 heterocycles. The fourth-order valence-electron chi connectivity index (χ4n) is 0.681. The van der Waals surface area contributed by atoms with Crippen molar-refractivity contribution in [2.45, 2.75) is 4.90 Å². The Morgan fingerprint density at radius 2 is 1.92 bits per heavy atom. The van der Waals surface area contributed by atoms with Crippen molar-refractivity contribution in [2.75, 3.05) is 0 Å². The highest BCUT2D eigenvalue weighted by atomic mass is 79.9. The van der Waals surface area contributed by atoms with Gasteiger partial charge in [0.1, 0.15) is 27.0 Å². The molecule has 1 aromatic carbocycles. The van der Waals surface area contributed by atoms with Crippen LogP contribution in [0, 0.1) is 5.82 Å². The third-order valence-electron chi connectivity index (χ3n) is 1.19. The molecule has 0 amide bonds. The summed E-state index contributed by atoms with van der Waals surface area (Å²) in [7, 11) is -3.99. The molecule has 0 saturated carbocycles. The maximum absolute atomic E-state index is 12.8. The van der Waals surface area contributed by atoms with E-state index < -0.39 is 20.8 Å². The summed E-state index contributed by atoms with van der Waals surface area (Å²) in [5, 5.41) is 0. The Morgan fingerprint density at radius 1 is 1.33 bits per heavy atom. The largest absolute Gasteiger partial charge is 0.310 e. The van der Waals surface area contributed by atoms with Crippen molar-refractivity contribution in [2.24, 2.45) is 0 Å². The Bertz CT molecular complexity index is 376. The average molecular weight is 255 g/mol. The number of hydrogen-bond acceptors (Lipinski definition) is 3. The van der Waals surface area contributed by atoms with Crippen LogP contribution in [0.5, 0.6) is 0 Å². The van der Waals surface area contributed by atoms with Crippen molar-refractivity contribution in [1.82, 2.24) is 0 Å². The fraction of sp³-hybridized carbons (Fsp3) is 0. The summed E-state index contributed by atoms with van der Waals surface area (Å²) in [5.74, 6) is -0.836. The van der Waals surface area contributed by atoms with E-state index in [1.165, 1.54) is 12.1 Å². The van der Waals surface area contributed by atoms with Gasteiger partial charge in [0.2, 0.25) is 0 Å². The molecule has 0 saturated heterocycles. The van der Waals surface area contributed by atoms with E-state index >= 15 is 0 Å². The zero-order valence-electron chi connectivity index (χ0n) is 5.70. The molecule has 0 radical (unpaired) electrons. The molecule has 0 spiro atoms. The monoisotopic (exact) mass is 254 g/mol. The van der Waals surface area contributed by atoms with Gasteiger partial charge in [0, 0.05) is 0 Å². The summed E-state index contributed by atoms with van der Waals surface area (Å²) < 4.78 is 38.6. The Hall–Kier alpha value is -0.460. The molecule has 12 heavy (non-hydrogen) atoms. The highest BCUT2D eigenvalue weighted by Crippen LogP contribution is 2.17. The molecular formula is C6H4BrFO3S. The van der Waals surface area contributed by atoms with Gasteiger partial charge in [0.05, 0.1) is 0 Å². The maximum atomic E-state index is 12.8. The fourth-order valence-corrected chi connectivity index (χ4v) is 1.73. The topological polar surface area (TPSA) is 43.4 Å². The summed E-state index contributed by atoms with van der Waals surface area (Å²) in [6, 6.07) is 4.95. The minimum atomic E-state index is -3.99. The lowest BCUT2D eigenvalue weighted by molar-refractivity contribution is 0.512. The first-order chi connectivity index (χ1) is 5.58. The predicted molar refractivity (Wildman–Crippen MR) is 43.6 cm³/mol. The third kappa shape index (κ3) is 1.82. The van der Waals surface area contributed by atoms with Gasteiger partial charge in [0.15, 0.2) is 0 Å². The molecule has 0 aliphatic heterocycles. The van der Waals surface area contributed by atoms with Gasteiger partial charge in [0.25, 0.3) is 0 Å². The van der Waals surface area contributed by atoms with Crippen LogP contribution in [0.1, 0.15) is 0 Å². The number of halogens is 2. The van der Waals surface area contributed by atoms with Crippen molar-refractivity contribution in [3.63, 3.8) is 0 Å². The van der Waals surface area contributed by atoms with Crippen LogP contribution < -0.4 is 0 Å². The summed E-state index contributed by atoms with van der Waals surface area (Å²) in [5.41, 5.74) is 0. The van der Waals surface area contributed by atoms with E-state index in [9.17, 15) is 12.8 Å². The molecule has 3 nitrogen and oxygen atoms in total. The highest BCUT2D eigenvalue weighted by Gasteiger charge is 2.18.